The standard InChI is InChI=1S/C10H11N3O3S/c1-3-11-10-12-9-7(16-2)4-6(13(14)15)5-8(9)17-10/h4-5H,3H2,1-2H3,(H,11,12). The van der Waals surface area contributed by atoms with Crippen LogP contribution in [0.4, 0.5) is 10.8 Å². The smallest absolute Gasteiger partial charge is 0.274 e. The van der Waals surface area contributed by atoms with Crippen LogP contribution in [0.15, 0.2) is 12.1 Å². The summed E-state index contributed by atoms with van der Waals surface area (Å²) in [6.07, 6.45) is 0. The molecule has 6 nitrogen and oxygen atoms in total. The molecule has 2 aromatic rings. The zero-order valence-electron chi connectivity index (χ0n) is 9.39. The number of nitrogens with zero attached hydrogens (tertiary/aromatic N) is 2. The molecular weight excluding hydrogens is 242 g/mol. The number of nitro groups is 1. The molecule has 1 aromatic carbocycles. The first-order valence-electron chi connectivity index (χ1n) is 5.02. The lowest BCUT2D eigenvalue weighted by Crippen LogP contribution is -1.94. The molecule has 0 amide bonds. The molecule has 90 valence electrons. The summed E-state index contributed by atoms with van der Waals surface area (Å²) in [7, 11) is 1.48. The number of non-ortho nitro benzene ring substituents is 1. The Kier molecular flexibility index (Phi) is 3.10. The number of fused-ring (bicyclic) bond motifs is 1. The Morgan fingerprint density at radius 1 is 1.59 bits per heavy atom. The van der Waals surface area contributed by atoms with Gasteiger partial charge in [0.25, 0.3) is 5.69 Å². The van der Waals surface area contributed by atoms with Crippen molar-refractivity contribution in [2.24, 2.45) is 0 Å². The van der Waals surface area contributed by atoms with Gasteiger partial charge < -0.3 is 10.1 Å². The third-order valence-electron chi connectivity index (χ3n) is 2.20. The molecule has 7 heteroatoms. The average Bonchev–Trinajstić information content (AvgIpc) is 2.70. The molecule has 0 spiro atoms. The van der Waals surface area contributed by atoms with Gasteiger partial charge in [-0.3, -0.25) is 10.1 Å². The first-order valence-corrected chi connectivity index (χ1v) is 5.84. The van der Waals surface area contributed by atoms with E-state index >= 15 is 0 Å². The van der Waals surface area contributed by atoms with E-state index in [0.29, 0.717) is 11.3 Å². The van der Waals surface area contributed by atoms with Crippen molar-refractivity contribution in [1.82, 2.24) is 4.98 Å². The van der Waals surface area contributed by atoms with E-state index in [4.69, 9.17) is 4.74 Å². The summed E-state index contributed by atoms with van der Waals surface area (Å²) in [4.78, 5) is 14.7. The van der Waals surface area contributed by atoms with Crippen LogP contribution in [0.3, 0.4) is 0 Å². The fourth-order valence-electron chi connectivity index (χ4n) is 1.47. The van der Waals surface area contributed by atoms with Gasteiger partial charge in [-0.15, -0.1) is 0 Å². The Hall–Kier alpha value is -1.89. The lowest BCUT2D eigenvalue weighted by molar-refractivity contribution is -0.384. The number of anilines is 1. The predicted molar refractivity (Wildman–Crippen MR) is 67.0 cm³/mol. The zero-order valence-corrected chi connectivity index (χ0v) is 10.2. The van der Waals surface area contributed by atoms with E-state index in [1.165, 1.54) is 30.6 Å². The second-order valence-electron chi connectivity index (χ2n) is 3.30. The number of ether oxygens (including phenoxy) is 1. The Morgan fingerprint density at radius 3 is 2.94 bits per heavy atom. The third-order valence-corrected chi connectivity index (χ3v) is 3.16. The summed E-state index contributed by atoms with van der Waals surface area (Å²) in [5.41, 5.74) is 0.667. The molecule has 17 heavy (non-hydrogen) atoms. The molecule has 0 bridgehead atoms. The monoisotopic (exact) mass is 253 g/mol. The van der Waals surface area contributed by atoms with Crippen LogP contribution in [0.2, 0.25) is 0 Å². The first-order chi connectivity index (χ1) is 8.15. The molecule has 0 radical (unpaired) electrons. The Bertz CT molecular complexity index is 567. The molecule has 2 rings (SSSR count). The number of nitrogens with one attached hydrogen (secondary N) is 1. The van der Waals surface area contributed by atoms with Gasteiger partial charge in [0, 0.05) is 12.6 Å². The third kappa shape index (κ3) is 2.14. The normalized spacial score (nSPS) is 10.5. The minimum absolute atomic E-state index is 0.0149. The largest absolute Gasteiger partial charge is 0.494 e. The van der Waals surface area contributed by atoms with E-state index in [2.05, 4.69) is 10.3 Å². The first kappa shape index (κ1) is 11.6. The van der Waals surface area contributed by atoms with Crippen molar-refractivity contribution in [3.8, 4) is 5.75 Å². The van der Waals surface area contributed by atoms with Crippen molar-refractivity contribution >= 4 is 32.4 Å². The maximum atomic E-state index is 10.8. The lowest BCUT2D eigenvalue weighted by atomic mass is 10.3. The molecule has 0 saturated carbocycles. The number of hydrogen-bond acceptors (Lipinski definition) is 6. The average molecular weight is 253 g/mol. The van der Waals surface area contributed by atoms with E-state index in [9.17, 15) is 10.1 Å². The van der Waals surface area contributed by atoms with E-state index in [1.807, 2.05) is 6.92 Å². The molecule has 0 fully saturated rings. The minimum atomic E-state index is -0.436. The van der Waals surface area contributed by atoms with Crippen LogP contribution < -0.4 is 10.1 Å². The maximum Gasteiger partial charge on any atom is 0.274 e. The molecule has 1 N–H and O–H groups in total. The summed E-state index contributed by atoms with van der Waals surface area (Å²) in [6.45, 7) is 2.72. The van der Waals surface area contributed by atoms with Gasteiger partial charge in [-0.2, -0.15) is 0 Å². The van der Waals surface area contributed by atoms with Crippen molar-refractivity contribution in [1.29, 1.82) is 0 Å². The predicted octanol–water partition coefficient (Wildman–Crippen LogP) is 2.64. The van der Waals surface area contributed by atoms with E-state index < -0.39 is 4.92 Å². The van der Waals surface area contributed by atoms with Gasteiger partial charge in [0.05, 0.1) is 22.8 Å². The SMILES string of the molecule is CCNc1nc2c(OC)cc([N+](=O)[O-])cc2s1. The van der Waals surface area contributed by atoms with Gasteiger partial charge in [-0.25, -0.2) is 4.98 Å². The molecule has 1 heterocycles. The second kappa shape index (κ2) is 4.54. The molecule has 1 aromatic heterocycles. The van der Waals surface area contributed by atoms with Crippen LogP contribution in [0, 0.1) is 10.1 Å². The zero-order chi connectivity index (χ0) is 12.4. The highest BCUT2D eigenvalue weighted by Gasteiger charge is 2.15. The number of hydrogen-bond donors (Lipinski definition) is 1. The molecule has 0 unspecified atom stereocenters. The van der Waals surface area contributed by atoms with Gasteiger partial charge in [-0.05, 0) is 6.92 Å². The van der Waals surface area contributed by atoms with Gasteiger partial charge in [0.1, 0.15) is 5.52 Å². The highest BCUT2D eigenvalue weighted by Crippen LogP contribution is 2.35. The van der Waals surface area contributed by atoms with Crippen LogP contribution >= 0.6 is 11.3 Å². The van der Waals surface area contributed by atoms with Crippen molar-refractivity contribution in [2.75, 3.05) is 19.0 Å². The van der Waals surface area contributed by atoms with Crippen LogP contribution in [0.25, 0.3) is 10.2 Å². The van der Waals surface area contributed by atoms with Crippen LogP contribution in [-0.2, 0) is 0 Å². The van der Waals surface area contributed by atoms with E-state index in [1.54, 1.807) is 0 Å². The summed E-state index contributed by atoms with van der Waals surface area (Å²) in [5, 5.41) is 14.6. The number of aromatic nitrogens is 1. The molecule has 0 atom stereocenters. The summed E-state index contributed by atoms with van der Waals surface area (Å²) in [5.74, 6) is 0.426. The van der Waals surface area contributed by atoms with Gasteiger partial charge in [0.15, 0.2) is 10.9 Å². The summed E-state index contributed by atoms with van der Waals surface area (Å²) in [6, 6.07) is 2.90. The highest BCUT2D eigenvalue weighted by molar-refractivity contribution is 7.22. The van der Waals surface area contributed by atoms with E-state index in [0.717, 1.165) is 16.4 Å². The fraction of sp³-hybridized carbons (Fsp3) is 0.300. The summed E-state index contributed by atoms with van der Waals surface area (Å²) >= 11 is 1.38. The molecule has 0 saturated heterocycles. The van der Waals surface area contributed by atoms with Crippen molar-refractivity contribution in [2.45, 2.75) is 6.92 Å². The molecule has 0 aliphatic carbocycles. The van der Waals surface area contributed by atoms with Gasteiger partial charge in [-0.1, -0.05) is 11.3 Å². The fourth-order valence-corrected chi connectivity index (χ4v) is 2.46. The number of thiazole rings is 1. The quantitative estimate of drug-likeness (QED) is 0.669. The Morgan fingerprint density at radius 2 is 2.35 bits per heavy atom. The van der Waals surface area contributed by atoms with Crippen LogP contribution in [0.5, 0.6) is 5.75 Å². The number of nitro benzene ring substituents is 1. The van der Waals surface area contributed by atoms with E-state index in [-0.39, 0.29) is 5.69 Å². The second-order valence-corrected chi connectivity index (χ2v) is 4.33. The number of benzene rings is 1. The van der Waals surface area contributed by atoms with Gasteiger partial charge >= 0.3 is 0 Å². The minimum Gasteiger partial charge on any atom is -0.494 e. The van der Waals surface area contributed by atoms with Crippen LogP contribution in [-0.4, -0.2) is 23.6 Å². The van der Waals surface area contributed by atoms with Crippen molar-refractivity contribution in [3.05, 3.63) is 22.2 Å². The van der Waals surface area contributed by atoms with Crippen molar-refractivity contribution in [3.63, 3.8) is 0 Å². The van der Waals surface area contributed by atoms with Crippen molar-refractivity contribution < 1.29 is 9.66 Å². The molecule has 0 aliphatic rings. The highest BCUT2D eigenvalue weighted by atomic mass is 32.1. The number of rotatable bonds is 4. The maximum absolute atomic E-state index is 10.8. The lowest BCUT2D eigenvalue weighted by Gasteiger charge is -1.99. The Balaban J connectivity index is 2.60. The number of methoxy groups -OCH3 is 1. The Labute approximate surface area is 101 Å². The van der Waals surface area contributed by atoms with Gasteiger partial charge in [0.2, 0.25) is 0 Å². The molecular formula is C10H11N3O3S. The van der Waals surface area contributed by atoms with Crippen LogP contribution in [0.1, 0.15) is 6.92 Å². The topological polar surface area (TPSA) is 77.3 Å². The summed E-state index contributed by atoms with van der Waals surface area (Å²) < 4.78 is 5.86. The molecule has 0 aliphatic heterocycles.